The summed E-state index contributed by atoms with van der Waals surface area (Å²) in [7, 11) is 0. The summed E-state index contributed by atoms with van der Waals surface area (Å²) >= 11 is 0. The van der Waals surface area contributed by atoms with Gasteiger partial charge in [-0.3, -0.25) is 0 Å². The average molecular weight is 138 g/mol. The molecule has 0 aliphatic carbocycles. The van der Waals surface area contributed by atoms with Crippen molar-refractivity contribution >= 4 is 5.76 Å². The highest BCUT2D eigenvalue weighted by Gasteiger charge is 1.91. The van der Waals surface area contributed by atoms with E-state index in [1.807, 2.05) is 0 Å². The van der Waals surface area contributed by atoms with Crippen LogP contribution in [-0.4, -0.2) is 4.98 Å². The molecule has 1 heterocycles. The molecule has 0 fully saturated rings. The van der Waals surface area contributed by atoms with E-state index in [1.165, 1.54) is 18.2 Å². The van der Waals surface area contributed by atoms with Gasteiger partial charge in [0.1, 0.15) is 0 Å². The molecule has 0 radical (unpaired) electrons. The van der Waals surface area contributed by atoms with Crippen molar-refractivity contribution in [1.29, 1.82) is 0 Å². The first-order valence-corrected chi connectivity index (χ1v) is 2.69. The van der Waals surface area contributed by atoms with Crippen molar-refractivity contribution in [2.24, 2.45) is 0 Å². The van der Waals surface area contributed by atoms with Gasteiger partial charge in [0.05, 0.1) is 5.69 Å². The summed E-state index contributed by atoms with van der Waals surface area (Å²) in [5, 5.41) is 10.5. The summed E-state index contributed by atoms with van der Waals surface area (Å²) in [5.74, 6) is -1.13. The molecule has 2 nitrogen and oxygen atoms in total. The Bertz CT molecular complexity index is 260. The summed E-state index contributed by atoms with van der Waals surface area (Å²) in [4.78, 5) is 3.29. The summed E-state index contributed by atoms with van der Waals surface area (Å²) in [6.07, 6.45) is 0. The van der Waals surface area contributed by atoms with Crippen LogP contribution in [0.3, 0.4) is 0 Å². The van der Waals surface area contributed by atoms with E-state index < -0.39 is 11.7 Å². The van der Waals surface area contributed by atoms with Crippen LogP contribution in [0.1, 0.15) is 5.69 Å². The van der Waals surface area contributed by atoms with Gasteiger partial charge in [-0.15, -0.1) is 6.58 Å². The number of pyridine rings is 1. The first-order chi connectivity index (χ1) is 4.70. The zero-order valence-corrected chi connectivity index (χ0v) is 5.17. The third-order valence-electron chi connectivity index (χ3n) is 1.00. The number of hydrogen-bond donors (Lipinski definition) is 0. The molecular formula is C7H5FNO-. The molecule has 0 aliphatic rings. The predicted octanol–water partition coefficient (Wildman–Crippen LogP) is 0.552. The second-order valence-corrected chi connectivity index (χ2v) is 1.77. The Morgan fingerprint density at radius 3 is 2.70 bits per heavy atom. The van der Waals surface area contributed by atoms with E-state index in [1.54, 1.807) is 0 Å². The Morgan fingerprint density at radius 2 is 2.30 bits per heavy atom. The van der Waals surface area contributed by atoms with Crippen LogP contribution in [0.4, 0.5) is 4.39 Å². The highest BCUT2D eigenvalue weighted by Crippen LogP contribution is 2.02. The van der Waals surface area contributed by atoms with E-state index in [-0.39, 0.29) is 5.69 Å². The van der Waals surface area contributed by atoms with E-state index >= 15 is 0 Å². The van der Waals surface area contributed by atoms with Crippen molar-refractivity contribution in [2.75, 3.05) is 0 Å². The second-order valence-electron chi connectivity index (χ2n) is 1.77. The largest absolute Gasteiger partial charge is 0.871 e. The minimum atomic E-state index is -0.658. The van der Waals surface area contributed by atoms with Crippen molar-refractivity contribution in [3.05, 3.63) is 36.4 Å². The molecule has 1 aromatic rings. The lowest BCUT2D eigenvalue weighted by atomic mass is 10.3. The number of aromatic nitrogens is 1. The SMILES string of the molecule is C=C([O-])c1cccc(F)n1. The van der Waals surface area contributed by atoms with Gasteiger partial charge in [0.25, 0.3) is 0 Å². The molecule has 1 aromatic heterocycles. The fourth-order valence-corrected chi connectivity index (χ4v) is 0.564. The monoisotopic (exact) mass is 138 g/mol. The van der Waals surface area contributed by atoms with Crippen LogP contribution < -0.4 is 5.11 Å². The topological polar surface area (TPSA) is 36.0 Å². The van der Waals surface area contributed by atoms with Gasteiger partial charge in [-0.25, -0.2) is 4.98 Å². The normalized spacial score (nSPS) is 9.30. The van der Waals surface area contributed by atoms with Gasteiger partial charge < -0.3 is 5.11 Å². The first-order valence-electron chi connectivity index (χ1n) is 2.69. The Hall–Kier alpha value is -1.38. The standard InChI is InChI=1S/C7H6FNO/c1-5(10)6-3-2-4-7(8)9-6/h2-4,10H,1H2/p-1. The van der Waals surface area contributed by atoms with Crippen LogP contribution in [-0.2, 0) is 0 Å². The molecule has 0 saturated heterocycles. The van der Waals surface area contributed by atoms with Crippen LogP contribution in [0.2, 0.25) is 0 Å². The van der Waals surface area contributed by atoms with E-state index in [2.05, 4.69) is 11.6 Å². The second kappa shape index (κ2) is 2.47. The molecule has 0 spiro atoms. The molecule has 0 saturated carbocycles. The quantitative estimate of drug-likeness (QED) is 0.419. The lowest BCUT2D eigenvalue weighted by molar-refractivity contribution is -0.243. The van der Waals surface area contributed by atoms with Gasteiger partial charge >= 0.3 is 0 Å². The van der Waals surface area contributed by atoms with Gasteiger partial charge in [0, 0.05) is 0 Å². The molecule has 0 aliphatic heterocycles. The van der Waals surface area contributed by atoms with Crippen LogP contribution in [0.5, 0.6) is 0 Å². The van der Waals surface area contributed by atoms with Crippen molar-refractivity contribution in [3.63, 3.8) is 0 Å². The summed E-state index contributed by atoms with van der Waals surface area (Å²) < 4.78 is 12.2. The minimum Gasteiger partial charge on any atom is -0.871 e. The zero-order chi connectivity index (χ0) is 7.56. The smallest absolute Gasteiger partial charge is 0.213 e. The third-order valence-corrected chi connectivity index (χ3v) is 1.00. The summed E-state index contributed by atoms with van der Waals surface area (Å²) in [6.45, 7) is 3.08. The first kappa shape index (κ1) is 6.74. The van der Waals surface area contributed by atoms with E-state index in [0.717, 1.165) is 0 Å². The van der Waals surface area contributed by atoms with Gasteiger partial charge in [-0.05, 0) is 12.1 Å². The number of hydrogen-bond acceptors (Lipinski definition) is 2. The van der Waals surface area contributed by atoms with Gasteiger partial charge in [-0.2, -0.15) is 4.39 Å². The highest BCUT2D eigenvalue weighted by molar-refractivity contribution is 5.49. The molecule has 0 unspecified atom stereocenters. The van der Waals surface area contributed by atoms with Crippen molar-refractivity contribution in [3.8, 4) is 0 Å². The van der Waals surface area contributed by atoms with E-state index in [0.29, 0.717) is 0 Å². The summed E-state index contributed by atoms with van der Waals surface area (Å²) in [6, 6.07) is 4.01. The number of halogens is 1. The molecule has 52 valence electrons. The molecule has 0 atom stereocenters. The van der Waals surface area contributed by atoms with Crippen molar-refractivity contribution in [1.82, 2.24) is 4.98 Å². The molecule has 10 heavy (non-hydrogen) atoms. The number of nitrogens with zero attached hydrogens (tertiary/aromatic N) is 1. The van der Waals surface area contributed by atoms with Gasteiger partial charge in [0.2, 0.25) is 5.95 Å². The highest BCUT2D eigenvalue weighted by atomic mass is 19.1. The molecule has 1 rings (SSSR count). The predicted molar refractivity (Wildman–Crippen MR) is 33.2 cm³/mol. The van der Waals surface area contributed by atoms with Crippen LogP contribution in [0, 0.1) is 5.95 Å². The average Bonchev–Trinajstić information content (AvgIpc) is 1.88. The molecule has 0 amide bonds. The molecule has 0 bridgehead atoms. The lowest BCUT2D eigenvalue weighted by Crippen LogP contribution is -2.02. The zero-order valence-electron chi connectivity index (χ0n) is 5.17. The van der Waals surface area contributed by atoms with E-state index in [4.69, 9.17) is 0 Å². The molecule has 0 aromatic carbocycles. The van der Waals surface area contributed by atoms with Crippen LogP contribution in [0.25, 0.3) is 5.76 Å². The summed E-state index contributed by atoms with van der Waals surface area (Å²) in [5.41, 5.74) is 0.0556. The fraction of sp³-hybridized carbons (Fsp3) is 0. The molecule has 0 N–H and O–H groups in total. The number of rotatable bonds is 1. The Kier molecular flexibility index (Phi) is 1.67. The molecular weight excluding hydrogens is 133 g/mol. The van der Waals surface area contributed by atoms with Gasteiger partial charge in [0.15, 0.2) is 0 Å². The Morgan fingerprint density at radius 1 is 1.60 bits per heavy atom. The maximum absolute atomic E-state index is 12.2. The van der Waals surface area contributed by atoms with Crippen molar-refractivity contribution in [2.45, 2.75) is 0 Å². The van der Waals surface area contributed by atoms with Crippen LogP contribution >= 0.6 is 0 Å². The maximum atomic E-state index is 12.2. The lowest BCUT2D eigenvalue weighted by Gasteiger charge is -2.06. The van der Waals surface area contributed by atoms with Crippen molar-refractivity contribution < 1.29 is 9.50 Å². The molecule has 3 heteroatoms. The Labute approximate surface area is 57.7 Å². The maximum Gasteiger partial charge on any atom is 0.213 e. The fourth-order valence-electron chi connectivity index (χ4n) is 0.564. The van der Waals surface area contributed by atoms with Crippen LogP contribution in [0.15, 0.2) is 24.8 Å². The third kappa shape index (κ3) is 1.31. The Balaban J connectivity index is 3.07. The van der Waals surface area contributed by atoms with E-state index in [9.17, 15) is 9.50 Å². The minimum absolute atomic E-state index is 0.0556. The van der Waals surface area contributed by atoms with Gasteiger partial charge in [-0.1, -0.05) is 11.8 Å².